The summed E-state index contributed by atoms with van der Waals surface area (Å²) in [6.07, 6.45) is 3.33. The Bertz CT molecular complexity index is 120. The van der Waals surface area contributed by atoms with Crippen LogP contribution in [0.1, 0.15) is 25.7 Å². The largest absolute Gasteiger partial charge is 0.378 e. The lowest BCUT2D eigenvalue weighted by Gasteiger charge is -2.23. The van der Waals surface area contributed by atoms with Crippen molar-refractivity contribution in [3.05, 3.63) is 0 Å². The normalized spacial score (nSPS) is 24.9. The van der Waals surface area contributed by atoms with Gasteiger partial charge in [0.25, 0.3) is 0 Å². The summed E-state index contributed by atoms with van der Waals surface area (Å²) < 4.78 is 18.5. The molecule has 0 bridgehead atoms. The molecule has 1 aliphatic heterocycles. The number of hydrogen-bond acceptors (Lipinski definition) is 2. The first-order valence-corrected chi connectivity index (χ1v) is 4.73. The minimum atomic E-state index is -0.752. The van der Waals surface area contributed by atoms with E-state index in [-0.39, 0.29) is 18.5 Å². The van der Waals surface area contributed by atoms with Crippen LogP contribution in [0.3, 0.4) is 0 Å². The minimum absolute atomic E-state index is 0. The Balaban J connectivity index is 0.00000144. The molecule has 1 heterocycles. The average molecular weight is 212 g/mol. The van der Waals surface area contributed by atoms with Gasteiger partial charge in [0.15, 0.2) is 0 Å². The first-order valence-electron chi connectivity index (χ1n) is 4.73. The summed E-state index contributed by atoms with van der Waals surface area (Å²) in [5, 5.41) is 2.83. The molecular weight excluding hydrogens is 193 g/mol. The molecular formula is C9H19ClFNO. The van der Waals surface area contributed by atoms with Crippen LogP contribution in [0.5, 0.6) is 0 Å². The molecule has 2 atom stereocenters. The van der Waals surface area contributed by atoms with Crippen molar-refractivity contribution in [3.63, 3.8) is 0 Å². The highest BCUT2D eigenvalue weighted by molar-refractivity contribution is 5.85. The van der Waals surface area contributed by atoms with Crippen molar-refractivity contribution in [3.8, 4) is 0 Å². The highest BCUT2D eigenvalue weighted by Crippen LogP contribution is 2.17. The van der Waals surface area contributed by atoms with Crippen LogP contribution in [0.15, 0.2) is 0 Å². The Morgan fingerprint density at radius 1 is 1.54 bits per heavy atom. The zero-order valence-corrected chi connectivity index (χ0v) is 8.91. The Hall–Kier alpha value is 0.140. The van der Waals surface area contributed by atoms with Gasteiger partial charge in [-0.3, -0.25) is 0 Å². The molecule has 1 aliphatic rings. The predicted octanol–water partition coefficient (Wildman–Crippen LogP) is 1.92. The summed E-state index contributed by atoms with van der Waals surface area (Å²) in [5.41, 5.74) is 0. The molecule has 0 aromatic heterocycles. The average Bonchev–Trinajstić information content (AvgIpc) is 2.06. The van der Waals surface area contributed by atoms with Gasteiger partial charge >= 0.3 is 0 Å². The van der Waals surface area contributed by atoms with Crippen LogP contribution in [0, 0.1) is 0 Å². The number of ether oxygens (including phenoxy) is 1. The quantitative estimate of drug-likeness (QED) is 0.768. The van der Waals surface area contributed by atoms with Gasteiger partial charge in [0.1, 0.15) is 6.17 Å². The molecule has 1 saturated heterocycles. The molecule has 0 aromatic carbocycles. The number of hydrogen-bond donors (Lipinski definition) is 1. The van der Waals surface area contributed by atoms with Gasteiger partial charge in [-0.2, -0.15) is 0 Å². The van der Waals surface area contributed by atoms with Gasteiger partial charge in [0.2, 0.25) is 0 Å². The van der Waals surface area contributed by atoms with Crippen LogP contribution in [0.25, 0.3) is 0 Å². The SMILES string of the molecule is CNCC(F)CC1CCCCO1.Cl. The third-order valence-electron chi connectivity index (χ3n) is 2.22. The standard InChI is InChI=1S/C9H18FNO.ClH/c1-11-7-8(10)6-9-4-2-3-5-12-9;/h8-9,11H,2-7H2,1H3;1H. The van der Waals surface area contributed by atoms with Gasteiger partial charge < -0.3 is 10.1 Å². The summed E-state index contributed by atoms with van der Waals surface area (Å²) in [4.78, 5) is 0. The van der Waals surface area contributed by atoms with Crippen LogP contribution in [-0.2, 0) is 4.74 Å². The Morgan fingerprint density at radius 2 is 2.31 bits per heavy atom. The van der Waals surface area contributed by atoms with E-state index < -0.39 is 6.17 Å². The van der Waals surface area contributed by atoms with E-state index in [1.54, 1.807) is 7.05 Å². The molecule has 1 fully saturated rings. The lowest BCUT2D eigenvalue weighted by atomic mass is 10.0. The number of rotatable bonds is 4. The van der Waals surface area contributed by atoms with E-state index in [1.165, 1.54) is 6.42 Å². The molecule has 1 rings (SSSR count). The maximum Gasteiger partial charge on any atom is 0.115 e. The van der Waals surface area contributed by atoms with Crippen molar-refractivity contribution >= 4 is 12.4 Å². The van der Waals surface area contributed by atoms with Crippen molar-refractivity contribution in [2.24, 2.45) is 0 Å². The molecule has 0 spiro atoms. The van der Waals surface area contributed by atoms with Crippen LogP contribution in [0.4, 0.5) is 4.39 Å². The van der Waals surface area contributed by atoms with Gasteiger partial charge in [-0.05, 0) is 26.3 Å². The van der Waals surface area contributed by atoms with Gasteiger partial charge in [0, 0.05) is 19.6 Å². The fraction of sp³-hybridized carbons (Fsp3) is 1.00. The van der Waals surface area contributed by atoms with Crippen molar-refractivity contribution in [2.45, 2.75) is 38.0 Å². The molecule has 0 amide bonds. The lowest BCUT2D eigenvalue weighted by Crippen LogP contribution is -2.28. The molecule has 2 unspecified atom stereocenters. The van der Waals surface area contributed by atoms with Gasteiger partial charge in [-0.15, -0.1) is 12.4 Å². The topological polar surface area (TPSA) is 21.3 Å². The number of nitrogens with one attached hydrogen (secondary N) is 1. The summed E-state index contributed by atoms with van der Waals surface area (Å²) in [5.74, 6) is 0. The molecule has 0 saturated carbocycles. The van der Waals surface area contributed by atoms with Crippen LogP contribution in [0.2, 0.25) is 0 Å². The van der Waals surface area contributed by atoms with Crippen molar-refractivity contribution in [2.75, 3.05) is 20.2 Å². The molecule has 0 aromatic rings. The summed E-state index contributed by atoms with van der Waals surface area (Å²) in [7, 11) is 1.77. The highest BCUT2D eigenvalue weighted by Gasteiger charge is 2.18. The zero-order chi connectivity index (χ0) is 8.81. The van der Waals surface area contributed by atoms with E-state index in [4.69, 9.17) is 4.74 Å². The first kappa shape index (κ1) is 13.1. The van der Waals surface area contributed by atoms with E-state index in [9.17, 15) is 4.39 Å². The lowest BCUT2D eigenvalue weighted by molar-refractivity contribution is -0.00206. The molecule has 0 aliphatic carbocycles. The summed E-state index contributed by atoms with van der Waals surface area (Å²) in [6, 6.07) is 0. The third-order valence-corrected chi connectivity index (χ3v) is 2.22. The summed E-state index contributed by atoms with van der Waals surface area (Å²) >= 11 is 0. The van der Waals surface area contributed by atoms with Gasteiger partial charge in [0.05, 0.1) is 6.10 Å². The zero-order valence-electron chi connectivity index (χ0n) is 8.09. The third kappa shape index (κ3) is 5.45. The molecule has 4 heteroatoms. The maximum atomic E-state index is 13.0. The monoisotopic (exact) mass is 211 g/mol. The van der Waals surface area contributed by atoms with Gasteiger partial charge in [-0.25, -0.2) is 4.39 Å². The maximum absolute atomic E-state index is 13.0. The van der Waals surface area contributed by atoms with Gasteiger partial charge in [-0.1, -0.05) is 0 Å². The summed E-state index contributed by atoms with van der Waals surface area (Å²) in [6.45, 7) is 1.26. The van der Waals surface area contributed by atoms with Crippen LogP contribution < -0.4 is 5.32 Å². The second-order valence-electron chi connectivity index (χ2n) is 3.38. The van der Waals surface area contributed by atoms with E-state index in [1.807, 2.05) is 0 Å². The van der Waals surface area contributed by atoms with Crippen molar-refractivity contribution < 1.29 is 9.13 Å². The Kier molecular flexibility index (Phi) is 7.62. The van der Waals surface area contributed by atoms with Crippen molar-refractivity contribution in [1.29, 1.82) is 0 Å². The minimum Gasteiger partial charge on any atom is -0.378 e. The van der Waals surface area contributed by atoms with Crippen LogP contribution >= 0.6 is 12.4 Å². The van der Waals surface area contributed by atoms with E-state index in [2.05, 4.69) is 5.32 Å². The predicted molar refractivity (Wildman–Crippen MR) is 54.3 cm³/mol. The molecule has 13 heavy (non-hydrogen) atoms. The van der Waals surface area contributed by atoms with Crippen molar-refractivity contribution in [1.82, 2.24) is 5.32 Å². The fourth-order valence-corrected chi connectivity index (χ4v) is 1.58. The second kappa shape index (κ2) is 7.54. The highest BCUT2D eigenvalue weighted by atomic mass is 35.5. The van der Waals surface area contributed by atoms with E-state index >= 15 is 0 Å². The smallest absolute Gasteiger partial charge is 0.115 e. The number of alkyl halides is 1. The Labute approximate surface area is 85.6 Å². The fourth-order valence-electron chi connectivity index (χ4n) is 1.58. The van der Waals surface area contributed by atoms with Crippen LogP contribution in [-0.4, -0.2) is 32.5 Å². The van der Waals surface area contributed by atoms with E-state index in [0.717, 1.165) is 19.4 Å². The molecule has 80 valence electrons. The molecule has 2 nitrogen and oxygen atoms in total. The molecule has 1 N–H and O–H groups in total. The Morgan fingerprint density at radius 3 is 2.85 bits per heavy atom. The second-order valence-corrected chi connectivity index (χ2v) is 3.38. The molecule has 0 radical (unpaired) electrons. The first-order chi connectivity index (χ1) is 5.83. The van der Waals surface area contributed by atoms with E-state index in [0.29, 0.717) is 13.0 Å². The number of halogens is 2.